The molecule has 0 aliphatic heterocycles. The molecule has 0 amide bonds. The van der Waals surface area contributed by atoms with Crippen molar-refractivity contribution in [3.8, 4) is 0 Å². The van der Waals surface area contributed by atoms with Crippen molar-refractivity contribution in [2.75, 3.05) is 6.61 Å². The molecule has 1 aromatic carbocycles. The Kier molecular flexibility index (Phi) is 9.85. The zero-order valence-corrected chi connectivity index (χ0v) is 15.9. The lowest BCUT2D eigenvalue weighted by Gasteiger charge is -2.09. The summed E-state index contributed by atoms with van der Waals surface area (Å²) in [5.74, 6) is -0.796. The fraction of sp³-hybridized carbons (Fsp3) is 0.450. The van der Waals surface area contributed by atoms with Gasteiger partial charge in [0.15, 0.2) is 4.91 Å². The largest absolute Gasteiger partial charge is 0.462 e. The smallest absolute Gasteiger partial charge is 0.350 e. The summed E-state index contributed by atoms with van der Waals surface area (Å²) in [4.78, 5) is 12.1. The first-order valence-corrected chi connectivity index (χ1v) is 10.3. The summed E-state index contributed by atoms with van der Waals surface area (Å²) in [6.45, 7) is 4.15. The van der Waals surface area contributed by atoms with Gasteiger partial charge >= 0.3 is 5.97 Å². The number of unbranched alkanes of at least 4 members (excludes halogenated alkanes) is 5. The van der Waals surface area contributed by atoms with E-state index in [4.69, 9.17) is 4.74 Å². The third kappa shape index (κ3) is 7.26. The van der Waals surface area contributed by atoms with Gasteiger partial charge in [0.1, 0.15) is 0 Å². The summed E-state index contributed by atoms with van der Waals surface area (Å²) < 4.78 is 30.6. The molecule has 0 aliphatic rings. The standard InChI is InChI=1S/C20H28O4S/c1-3-5-7-8-9-13-17-24-20(21)19(16-6-4-2)25(22,23)18-14-11-10-12-15-18/h4,6,10-12,14-16H,3,5,7-9,13,17H2,1-2H3/b6-4+,19-16+. The second-order valence-corrected chi connectivity index (χ2v) is 7.69. The molecule has 0 radical (unpaired) electrons. The van der Waals surface area contributed by atoms with E-state index in [1.807, 2.05) is 0 Å². The minimum atomic E-state index is -3.89. The lowest BCUT2D eigenvalue weighted by atomic mass is 10.1. The molecule has 0 fully saturated rings. The number of hydrogen-bond donors (Lipinski definition) is 0. The molecule has 0 aliphatic carbocycles. The van der Waals surface area contributed by atoms with Gasteiger partial charge in [-0.05, 0) is 31.6 Å². The molecule has 138 valence electrons. The van der Waals surface area contributed by atoms with Crippen LogP contribution in [0.2, 0.25) is 0 Å². The second kappa shape index (κ2) is 11.6. The minimum absolute atomic E-state index is 0.0854. The Morgan fingerprint density at radius 1 is 1.04 bits per heavy atom. The van der Waals surface area contributed by atoms with Crippen molar-refractivity contribution in [2.24, 2.45) is 0 Å². The van der Waals surface area contributed by atoms with Crippen molar-refractivity contribution in [3.05, 3.63) is 53.5 Å². The van der Waals surface area contributed by atoms with Crippen molar-refractivity contribution in [2.45, 2.75) is 57.3 Å². The van der Waals surface area contributed by atoms with Crippen LogP contribution >= 0.6 is 0 Å². The average molecular weight is 365 g/mol. The molecule has 0 aromatic heterocycles. The molecule has 0 N–H and O–H groups in total. The molecule has 1 rings (SSSR count). The van der Waals surface area contributed by atoms with E-state index < -0.39 is 15.8 Å². The van der Waals surface area contributed by atoms with Crippen molar-refractivity contribution < 1.29 is 17.9 Å². The van der Waals surface area contributed by atoms with Crippen LogP contribution in [0.3, 0.4) is 0 Å². The Balaban J connectivity index is 2.72. The normalized spacial score (nSPS) is 12.5. The predicted octanol–water partition coefficient (Wildman–Crippen LogP) is 4.82. The molecule has 1 aromatic rings. The van der Waals surface area contributed by atoms with Crippen LogP contribution in [0.15, 0.2) is 58.4 Å². The number of carbonyl (C=O) groups is 1. The maximum Gasteiger partial charge on any atom is 0.350 e. The van der Waals surface area contributed by atoms with Crippen molar-refractivity contribution in [1.29, 1.82) is 0 Å². The summed E-state index contributed by atoms with van der Waals surface area (Å²) in [5.41, 5.74) is 0. The summed E-state index contributed by atoms with van der Waals surface area (Å²) in [6.07, 6.45) is 10.9. The quantitative estimate of drug-likeness (QED) is 0.244. The molecule has 0 heterocycles. The highest BCUT2D eigenvalue weighted by atomic mass is 32.2. The Morgan fingerprint density at radius 3 is 2.32 bits per heavy atom. The maximum absolute atomic E-state index is 12.7. The van der Waals surface area contributed by atoms with Gasteiger partial charge in [0, 0.05) is 0 Å². The third-order valence-corrected chi connectivity index (χ3v) is 5.49. The monoisotopic (exact) mass is 364 g/mol. The molecule has 0 saturated carbocycles. The van der Waals surface area contributed by atoms with E-state index in [-0.39, 0.29) is 16.4 Å². The molecule has 0 unspecified atom stereocenters. The van der Waals surface area contributed by atoms with Crippen LogP contribution in [0, 0.1) is 0 Å². The van der Waals surface area contributed by atoms with Gasteiger partial charge < -0.3 is 4.74 Å². The van der Waals surface area contributed by atoms with Gasteiger partial charge in [-0.1, -0.05) is 69.4 Å². The van der Waals surface area contributed by atoms with E-state index >= 15 is 0 Å². The SMILES string of the molecule is C/C=C/C=C(\C(=O)OCCCCCCCC)S(=O)(=O)c1ccccc1. The molecule has 0 saturated heterocycles. The summed E-state index contributed by atoms with van der Waals surface area (Å²) >= 11 is 0. The first-order chi connectivity index (χ1) is 12.0. The average Bonchev–Trinajstić information content (AvgIpc) is 2.62. The van der Waals surface area contributed by atoms with Crippen LogP contribution in [0.4, 0.5) is 0 Å². The lowest BCUT2D eigenvalue weighted by molar-refractivity contribution is -0.138. The van der Waals surface area contributed by atoms with Crippen LogP contribution in [0.1, 0.15) is 52.4 Å². The molecular formula is C20H28O4S. The van der Waals surface area contributed by atoms with Gasteiger partial charge in [-0.15, -0.1) is 0 Å². The number of benzene rings is 1. The molecule has 4 nitrogen and oxygen atoms in total. The molecular weight excluding hydrogens is 336 g/mol. The number of carbonyl (C=O) groups excluding carboxylic acids is 1. The van der Waals surface area contributed by atoms with Crippen LogP contribution in [0.5, 0.6) is 0 Å². The minimum Gasteiger partial charge on any atom is -0.462 e. The van der Waals surface area contributed by atoms with Crippen LogP contribution < -0.4 is 0 Å². The van der Waals surface area contributed by atoms with E-state index in [2.05, 4.69) is 6.92 Å². The van der Waals surface area contributed by atoms with E-state index in [0.717, 1.165) is 19.3 Å². The Labute approximate surface area is 151 Å². The number of esters is 1. The summed E-state index contributed by atoms with van der Waals surface area (Å²) in [5, 5.41) is 0. The predicted molar refractivity (Wildman–Crippen MR) is 101 cm³/mol. The van der Waals surface area contributed by atoms with Crippen LogP contribution in [-0.2, 0) is 19.4 Å². The highest BCUT2D eigenvalue weighted by Crippen LogP contribution is 2.20. The summed E-state index contributed by atoms with van der Waals surface area (Å²) in [7, 11) is -3.89. The Hall–Kier alpha value is -1.88. The number of allylic oxidation sites excluding steroid dienone is 3. The van der Waals surface area contributed by atoms with Crippen molar-refractivity contribution in [3.63, 3.8) is 0 Å². The zero-order chi connectivity index (χ0) is 18.5. The fourth-order valence-electron chi connectivity index (χ4n) is 2.30. The van der Waals surface area contributed by atoms with Gasteiger partial charge in [0.2, 0.25) is 9.84 Å². The second-order valence-electron chi connectivity index (χ2n) is 5.78. The third-order valence-electron chi connectivity index (χ3n) is 3.72. The molecule has 5 heteroatoms. The van der Waals surface area contributed by atoms with Gasteiger partial charge in [0.05, 0.1) is 11.5 Å². The van der Waals surface area contributed by atoms with E-state index in [9.17, 15) is 13.2 Å². The first-order valence-electron chi connectivity index (χ1n) is 8.84. The highest BCUT2D eigenvalue weighted by molar-refractivity contribution is 7.96. The molecule has 0 bridgehead atoms. The first kappa shape index (κ1) is 21.2. The number of ether oxygens (including phenoxy) is 1. The van der Waals surface area contributed by atoms with E-state index in [1.54, 1.807) is 31.2 Å². The van der Waals surface area contributed by atoms with Crippen LogP contribution in [0.25, 0.3) is 0 Å². The van der Waals surface area contributed by atoms with Gasteiger partial charge in [0.25, 0.3) is 0 Å². The highest BCUT2D eigenvalue weighted by Gasteiger charge is 2.27. The fourth-order valence-corrected chi connectivity index (χ4v) is 3.60. The number of hydrogen-bond acceptors (Lipinski definition) is 4. The van der Waals surface area contributed by atoms with E-state index in [0.29, 0.717) is 0 Å². The van der Waals surface area contributed by atoms with Crippen molar-refractivity contribution in [1.82, 2.24) is 0 Å². The number of sulfone groups is 1. The summed E-state index contributed by atoms with van der Waals surface area (Å²) in [6, 6.07) is 7.93. The lowest BCUT2D eigenvalue weighted by Crippen LogP contribution is -2.17. The molecule has 25 heavy (non-hydrogen) atoms. The number of rotatable bonds is 11. The van der Waals surface area contributed by atoms with Crippen molar-refractivity contribution >= 4 is 15.8 Å². The molecule has 0 spiro atoms. The zero-order valence-electron chi connectivity index (χ0n) is 15.1. The van der Waals surface area contributed by atoms with E-state index in [1.165, 1.54) is 43.5 Å². The topological polar surface area (TPSA) is 60.4 Å². The van der Waals surface area contributed by atoms with Gasteiger partial charge in [-0.3, -0.25) is 0 Å². The van der Waals surface area contributed by atoms with Gasteiger partial charge in [-0.25, -0.2) is 13.2 Å². The maximum atomic E-state index is 12.7. The van der Waals surface area contributed by atoms with Gasteiger partial charge in [-0.2, -0.15) is 0 Å². The molecule has 0 atom stereocenters. The van der Waals surface area contributed by atoms with Crippen LogP contribution in [-0.4, -0.2) is 21.0 Å². The Bertz CT molecular complexity index is 673. The Morgan fingerprint density at radius 2 is 1.68 bits per heavy atom.